The molecular formula is C19H11N3S. The molecular weight excluding hydrogens is 302 g/mol. The van der Waals surface area contributed by atoms with Crippen LogP contribution in [0.15, 0.2) is 67.3 Å². The highest BCUT2D eigenvalue weighted by molar-refractivity contribution is 7.26. The molecule has 4 heteroatoms. The third-order valence-electron chi connectivity index (χ3n) is 4.06. The van der Waals surface area contributed by atoms with Gasteiger partial charge in [-0.1, -0.05) is 18.2 Å². The van der Waals surface area contributed by atoms with Crippen molar-refractivity contribution in [3.05, 3.63) is 67.3 Å². The molecule has 0 saturated carbocycles. The van der Waals surface area contributed by atoms with Crippen molar-refractivity contribution in [3.8, 4) is 11.4 Å². The highest BCUT2D eigenvalue weighted by atomic mass is 32.1. The summed E-state index contributed by atoms with van der Waals surface area (Å²) in [5, 5.41) is 4.69. The van der Waals surface area contributed by atoms with Crippen LogP contribution in [-0.2, 0) is 0 Å². The van der Waals surface area contributed by atoms with Crippen LogP contribution in [0.2, 0.25) is 0 Å². The Kier molecular flexibility index (Phi) is 2.66. The quantitative estimate of drug-likeness (QED) is 0.434. The summed E-state index contributed by atoms with van der Waals surface area (Å²) in [5.74, 6) is 0. The van der Waals surface area contributed by atoms with Gasteiger partial charge < -0.3 is 0 Å². The van der Waals surface area contributed by atoms with E-state index in [-0.39, 0.29) is 0 Å². The van der Waals surface area contributed by atoms with Crippen LogP contribution in [0.4, 0.5) is 0 Å². The molecule has 4 heterocycles. The van der Waals surface area contributed by atoms with E-state index in [0.29, 0.717) is 0 Å². The molecule has 0 aliphatic heterocycles. The highest BCUT2D eigenvalue weighted by Gasteiger charge is 2.12. The van der Waals surface area contributed by atoms with Gasteiger partial charge in [0.1, 0.15) is 5.69 Å². The lowest BCUT2D eigenvalue weighted by Crippen LogP contribution is -1.88. The smallest absolute Gasteiger partial charge is 0.106 e. The van der Waals surface area contributed by atoms with E-state index in [1.54, 1.807) is 17.5 Å². The zero-order valence-corrected chi connectivity index (χ0v) is 12.9. The molecule has 0 radical (unpaired) electrons. The fourth-order valence-corrected chi connectivity index (χ4v) is 4.14. The molecule has 108 valence electrons. The Labute approximate surface area is 136 Å². The summed E-state index contributed by atoms with van der Waals surface area (Å²) in [7, 11) is 0. The minimum Gasteiger partial charge on any atom is -0.264 e. The van der Waals surface area contributed by atoms with Gasteiger partial charge >= 0.3 is 0 Å². The Morgan fingerprint density at radius 2 is 1.74 bits per heavy atom. The van der Waals surface area contributed by atoms with Crippen molar-refractivity contribution in [2.45, 2.75) is 0 Å². The van der Waals surface area contributed by atoms with Crippen molar-refractivity contribution in [1.29, 1.82) is 0 Å². The Bertz CT molecular complexity index is 1180. The van der Waals surface area contributed by atoms with Crippen molar-refractivity contribution in [2.24, 2.45) is 0 Å². The van der Waals surface area contributed by atoms with Crippen molar-refractivity contribution < 1.29 is 0 Å². The molecule has 0 atom stereocenters. The lowest BCUT2D eigenvalue weighted by Gasteiger charge is -2.03. The molecule has 1 aromatic carbocycles. The maximum Gasteiger partial charge on any atom is 0.106 e. The summed E-state index contributed by atoms with van der Waals surface area (Å²) in [6, 6.07) is 14.7. The lowest BCUT2D eigenvalue weighted by molar-refractivity contribution is 1.28. The van der Waals surface area contributed by atoms with E-state index in [0.717, 1.165) is 22.2 Å². The number of benzene rings is 1. The number of rotatable bonds is 1. The van der Waals surface area contributed by atoms with E-state index in [2.05, 4.69) is 51.4 Å². The summed E-state index contributed by atoms with van der Waals surface area (Å²) in [6.07, 6.45) is 7.37. The van der Waals surface area contributed by atoms with Crippen LogP contribution >= 0.6 is 11.3 Å². The lowest BCUT2D eigenvalue weighted by atomic mass is 10.1. The second kappa shape index (κ2) is 4.83. The van der Waals surface area contributed by atoms with Gasteiger partial charge in [-0.05, 0) is 29.7 Å². The van der Waals surface area contributed by atoms with Gasteiger partial charge in [0.2, 0.25) is 0 Å². The van der Waals surface area contributed by atoms with E-state index in [4.69, 9.17) is 0 Å². The molecule has 0 N–H and O–H groups in total. The van der Waals surface area contributed by atoms with E-state index in [1.807, 2.05) is 24.7 Å². The van der Waals surface area contributed by atoms with Crippen LogP contribution in [-0.4, -0.2) is 15.0 Å². The van der Waals surface area contributed by atoms with Crippen molar-refractivity contribution >= 4 is 42.3 Å². The number of aromatic nitrogens is 3. The van der Waals surface area contributed by atoms with Crippen LogP contribution in [0.5, 0.6) is 0 Å². The number of hydrogen-bond acceptors (Lipinski definition) is 4. The molecule has 0 fully saturated rings. The number of fused-ring (bicyclic) bond motifs is 4. The maximum atomic E-state index is 4.61. The van der Waals surface area contributed by atoms with Gasteiger partial charge in [0, 0.05) is 45.6 Å². The topological polar surface area (TPSA) is 38.7 Å². The Hall–Kier alpha value is -2.85. The molecule has 0 amide bonds. The van der Waals surface area contributed by atoms with Crippen LogP contribution in [0.25, 0.3) is 42.3 Å². The van der Waals surface area contributed by atoms with E-state index >= 15 is 0 Å². The van der Waals surface area contributed by atoms with Crippen LogP contribution in [0, 0.1) is 0 Å². The van der Waals surface area contributed by atoms with Gasteiger partial charge in [-0.15, -0.1) is 11.3 Å². The normalized spacial score (nSPS) is 11.5. The molecule has 0 saturated heterocycles. The van der Waals surface area contributed by atoms with Crippen LogP contribution in [0.3, 0.4) is 0 Å². The first-order chi connectivity index (χ1) is 11.4. The predicted molar refractivity (Wildman–Crippen MR) is 95.7 cm³/mol. The molecule has 0 bridgehead atoms. The third-order valence-corrected chi connectivity index (χ3v) is 5.25. The number of pyridine rings is 3. The van der Waals surface area contributed by atoms with Crippen molar-refractivity contribution in [1.82, 2.24) is 15.0 Å². The first kappa shape index (κ1) is 12.7. The second-order valence-electron chi connectivity index (χ2n) is 5.43. The molecule has 5 aromatic rings. The standard InChI is InChI=1S/C19H11N3S/c1-2-4-17-14(3-1)15-6-8-21-18(19(15)23-17)16-9-12-5-7-20-10-13(12)11-22-16/h1-11H. The maximum absolute atomic E-state index is 4.61. The van der Waals surface area contributed by atoms with Gasteiger partial charge in [0.25, 0.3) is 0 Å². The van der Waals surface area contributed by atoms with Gasteiger partial charge in [-0.2, -0.15) is 0 Å². The van der Waals surface area contributed by atoms with E-state index in [1.165, 1.54) is 20.2 Å². The summed E-state index contributed by atoms with van der Waals surface area (Å²) in [6.45, 7) is 0. The molecule has 5 rings (SSSR count). The zero-order valence-electron chi connectivity index (χ0n) is 12.1. The number of thiophene rings is 1. The summed E-state index contributed by atoms with van der Waals surface area (Å²) in [5.41, 5.74) is 1.85. The Balaban J connectivity index is 1.84. The molecule has 0 spiro atoms. The first-order valence-corrected chi connectivity index (χ1v) is 8.18. The SMILES string of the molecule is c1ccc2c(c1)sc1c(-c3cc4ccncc4cn3)nccc12. The largest absolute Gasteiger partial charge is 0.264 e. The van der Waals surface area contributed by atoms with Crippen molar-refractivity contribution in [2.75, 3.05) is 0 Å². The predicted octanol–water partition coefficient (Wildman–Crippen LogP) is 5.06. The highest BCUT2D eigenvalue weighted by Crippen LogP contribution is 2.38. The Morgan fingerprint density at radius 3 is 2.74 bits per heavy atom. The fourth-order valence-electron chi connectivity index (χ4n) is 2.94. The monoisotopic (exact) mass is 313 g/mol. The van der Waals surface area contributed by atoms with Crippen LogP contribution in [0.1, 0.15) is 0 Å². The van der Waals surface area contributed by atoms with Gasteiger partial charge in [-0.3, -0.25) is 15.0 Å². The zero-order chi connectivity index (χ0) is 15.2. The van der Waals surface area contributed by atoms with E-state index < -0.39 is 0 Å². The molecule has 0 aliphatic rings. The molecule has 23 heavy (non-hydrogen) atoms. The summed E-state index contributed by atoms with van der Waals surface area (Å²) in [4.78, 5) is 13.4. The average molecular weight is 313 g/mol. The van der Waals surface area contributed by atoms with Gasteiger partial charge in [0.05, 0.1) is 10.4 Å². The molecule has 4 aromatic heterocycles. The van der Waals surface area contributed by atoms with E-state index in [9.17, 15) is 0 Å². The fraction of sp³-hybridized carbons (Fsp3) is 0. The molecule has 3 nitrogen and oxygen atoms in total. The number of nitrogens with zero attached hydrogens (tertiary/aromatic N) is 3. The van der Waals surface area contributed by atoms with Crippen molar-refractivity contribution in [3.63, 3.8) is 0 Å². The Morgan fingerprint density at radius 1 is 0.783 bits per heavy atom. The van der Waals surface area contributed by atoms with Gasteiger partial charge in [-0.25, -0.2) is 0 Å². The second-order valence-corrected chi connectivity index (χ2v) is 6.48. The molecule has 0 unspecified atom stereocenters. The first-order valence-electron chi connectivity index (χ1n) is 7.36. The minimum absolute atomic E-state index is 0.904. The summed E-state index contributed by atoms with van der Waals surface area (Å²) < 4.78 is 2.47. The van der Waals surface area contributed by atoms with Crippen LogP contribution < -0.4 is 0 Å². The molecule has 0 aliphatic carbocycles. The van der Waals surface area contributed by atoms with Gasteiger partial charge in [0.15, 0.2) is 0 Å². The summed E-state index contributed by atoms with van der Waals surface area (Å²) >= 11 is 1.77. The minimum atomic E-state index is 0.904. The average Bonchev–Trinajstić information content (AvgIpc) is 3.00. The number of hydrogen-bond donors (Lipinski definition) is 0. The third kappa shape index (κ3) is 1.92.